The first-order valence-electron chi connectivity index (χ1n) is 6.01. The lowest BCUT2D eigenvalue weighted by molar-refractivity contribution is 0.00147. The van der Waals surface area contributed by atoms with Gasteiger partial charge in [-0.2, -0.15) is 0 Å². The van der Waals surface area contributed by atoms with Crippen LogP contribution in [0.3, 0.4) is 0 Å². The first-order valence-corrected chi connectivity index (χ1v) is 6.01. The lowest BCUT2D eigenvalue weighted by Crippen LogP contribution is -2.39. The molecule has 0 saturated carbocycles. The summed E-state index contributed by atoms with van der Waals surface area (Å²) in [7, 11) is 0. The molecule has 3 rings (SSSR count). The minimum Gasteiger partial charge on any atom is -0.368 e. The summed E-state index contributed by atoms with van der Waals surface area (Å²) in [5, 5.41) is 10.6. The van der Waals surface area contributed by atoms with Crippen LogP contribution in [-0.4, -0.2) is 38.5 Å². The number of nitrogens with one attached hydrogen (secondary N) is 1. The van der Waals surface area contributed by atoms with E-state index < -0.39 is 0 Å². The second kappa shape index (κ2) is 5.15. The predicted molar refractivity (Wildman–Crippen MR) is 65.2 cm³/mol. The Balaban J connectivity index is 1.55. The molecule has 1 aliphatic heterocycles. The van der Waals surface area contributed by atoms with E-state index in [1.54, 1.807) is 35.3 Å². The van der Waals surface area contributed by atoms with Crippen LogP contribution in [0.25, 0.3) is 0 Å². The summed E-state index contributed by atoms with van der Waals surface area (Å²) < 4.78 is 7.41. The van der Waals surface area contributed by atoms with Gasteiger partial charge in [-0.05, 0) is 12.1 Å². The number of carbonyl (C=O) groups excluding carboxylic acids is 1. The molecule has 0 spiro atoms. The quantitative estimate of drug-likeness (QED) is 0.839. The maximum absolute atomic E-state index is 11.8. The Labute approximate surface area is 109 Å². The number of pyridine rings is 1. The molecule has 0 radical (unpaired) electrons. The first-order chi connectivity index (χ1) is 9.33. The minimum absolute atomic E-state index is 0.0955. The molecule has 98 valence electrons. The fourth-order valence-electron chi connectivity index (χ4n) is 1.91. The van der Waals surface area contributed by atoms with E-state index in [2.05, 4.69) is 20.6 Å². The SMILES string of the molecule is O=C(NC[C@H]1Cn2nncc2CO1)c1ccccn1. The van der Waals surface area contributed by atoms with Crippen molar-refractivity contribution in [2.75, 3.05) is 6.54 Å². The highest BCUT2D eigenvalue weighted by Gasteiger charge is 2.20. The molecule has 1 atom stereocenters. The second-order valence-corrected chi connectivity index (χ2v) is 4.27. The van der Waals surface area contributed by atoms with Gasteiger partial charge in [-0.3, -0.25) is 9.78 Å². The third-order valence-electron chi connectivity index (χ3n) is 2.93. The van der Waals surface area contributed by atoms with Crippen molar-refractivity contribution in [1.29, 1.82) is 0 Å². The van der Waals surface area contributed by atoms with Crippen LogP contribution in [0.15, 0.2) is 30.6 Å². The van der Waals surface area contributed by atoms with E-state index in [-0.39, 0.29) is 12.0 Å². The highest BCUT2D eigenvalue weighted by atomic mass is 16.5. The highest BCUT2D eigenvalue weighted by molar-refractivity contribution is 5.92. The topological polar surface area (TPSA) is 81.9 Å². The van der Waals surface area contributed by atoms with Crippen molar-refractivity contribution in [3.63, 3.8) is 0 Å². The van der Waals surface area contributed by atoms with Crippen LogP contribution in [0.5, 0.6) is 0 Å². The van der Waals surface area contributed by atoms with Gasteiger partial charge in [0.2, 0.25) is 0 Å². The number of ether oxygens (including phenoxy) is 1. The molecule has 1 N–H and O–H groups in total. The predicted octanol–water partition coefficient (Wildman–Crippen LogP) is 0.00190. The zero-order chi connectivity index (χ0) is 13.1. The normalized spacial score (nSPS) is 17.8. The van der Waals surface area contributed by atoms with Crippen molar-refractivity contribution >= 4 is 5.91 Å². The zero-order valence-electron chi connectivity index (χ0n) is 10.2. The highest BCUT2D eigenvalue weighted by Crippen LogP contribution is 2.10. The van der Waals surface area contributed by atoms with Crippen LogP contribution in [-0.2, 0) is 17.9 Å². The van der Waals surface area contributed by atoms with Gasteiger partial charge < -0.3 is 10.1 Å². The Bertz CT molecular complexity index is 569. The molecule has 0 saturated heterocycles. The largest absolute Gasteiger partial charge is 0.368 e. The van der Waals surface area contributed by atoms with Crippen molar-refractivity contribution in [3.05, 3.63) is 42.0 Å². The molecule has 2 aromatic rings. The molecule has 1 aliphatic rings. The van der Waals surface area contributed by atoms with E-state index in [1.807, 2.05) is 0 Å². The van der Waals surface area contributed by atoms with E-state index in [0.29, 0.717) is 25.4 Å². The number of nitrogens with zero attached hydrogens (tertiary/aromatic N) is 4. The molecule has 0 unspecified atom stereocenters. The minimum atomic E-state index is -0.200. The summed E-state index contributed by atoms with van der Waals surface area (Å²) in [6.45, 7) is 1.49. The third-order valence-corrected chi connectivity index (χ3v) is 2.93. The summed E-state index contributed by atoms with van der Waals surface area (Å²) in [5.41, 5.74) is 1.35. The second-order valence-electron chi connectivity index (χ2n) is 4.27. The van der Waals surface area contributed by atoms with Gasteiger partial charge in [0.05, 0.1) is 31.1 Å². The van der Waals surface area contributed by atoms with Crippen molar-refractivity contribution in [1.82, 2.24) is 25.3 Å². The molecule has 1 amide bonds. The number of amides is 1. The number of hydrogen-bond acceptors (Lipinski definition) is 5. The van der Waals surface area contributed by atoms with Crippen LogP contribution in [0, 0.1) is 0 Å². The molecule has 0 aromatic carbocycles. The number of hydrogen-bond donors (Lipinski definition) is 1. The van der Waals surface area contributed by atoms with Crippen LogP contribution in [0.4, 0.5) is 0 Å². The van der Waals surface area contributed by atoms with E-state index >= 15 is 0 Å². The van der Waals surface area contributed by atoms with Gasteiger partial charge in [0, 0.05) is 12.7 Å². The zero-order valence-corrected chi connectivity index (χ0v) is 10.2. The summed E-state index contributed by atoms with van der Waals surface area (Å²) in [6, 6.07) is 5.22. The molecule has 7 nitrogen and oxygen atoms in total. The molecule has 0 aliphatic carbocycles. The molecule has 7 heteroatoms. The Morgan fingerprint density at radius 3 is 3.32 bits per heavy atom. The van der Waals surface area contributed by atoms with Gasteiger partial charge in [0.1, 0.15) is 5.69 Å². The fourth-order valence-corrected chi connectivity index (χ4v) is 1.91. The number of fused-ring (bicyclic) bond motifs is 1. The molecular weight excluding hydrogens is 246 g/mol. The van der Waals surface area contributed by atoms with Crippen LogP contribution < -0.4 is 5.32 Å². The maximum atomic E-state index is 11.8. The maximum Gasteiger partial charge on any atom is 0.269 e. The smallest absolute Gasteiger partial charge is 0.269 e. The van der Waals surface area contributed by atoms with Gasteiger partial charge in [-0.1, -0.05) is 11.3 Å². The number of aromatic nitrogens is 4. The monoisotopic (exact) mass is 259 g/mol. The van der Waals surface area contributed by atoms with E-state index in [1.165, 1.54) is 0 Å². The first kappa shape index (κ1) is 11.8. The van der Waals surface area contributed by atoms with Gasteiger partial charge in [-0.25, -0.2) is 4.68 Å². The van der Waals surface area contributed by atoms with Crippen molar-refractivity contribution in [3.8, 4) is 0 Å². The average molecular weight is 259 g/mol. The Morgan fingerprint density at radius 1 is 1.53 bits per heavy atom. The summed E-state index contributed by atoms with van der Waals surface area (Å²) >= 11 is 0. The van der Waals surface area contributed by atoms with Crippen molar-refractivity contribution < 1.29 is 9.53 Å². The van der Waals surface area contributed by atoms with E-state index in [4.69, 9.17) is 4.74 Å². The Hall–Kier alpha value is -2.28. The number of rotatable bonds is 3. The van der Waals surface area contributed by atoms with E-state index in [9.17, 15) is 4.79 Å². The fraction of sp³-hybridized carbons (Fsp3) is 0.333. The summed E-state index contributed by atoms with van der Waals surface area (Å²) in [4.78, 5) is 15.8. The molecule has 19 heavy (non-hydrogen) atoms. The Morgan fingerprint density at radius 2 is 2.47 bits per heavy atom. The Kier molecular flexibility index (Phi) is 3.20. The van der Waals surface area contributed by atoms with Crippen LogP contribution >= 0.6 is 0 Å². The van der Waals surface area contributed by atoms with Crippen LogP contribution in [0.1, 0.15) is 16.2 Å². The molecule has 3 heterocycles. The molecule has 2 aromatic heterocycles. The molecule has 0 fully saturated rings. The van der Waals surface area contributed by atoms with E-state index in [0.717, 1.165) is 5.69 Å². The standard InChI is InChI=1S/C12H13N5O2/c18-12(11-3-1-2-4-13-11)14-6-10-7-17-9(8-19-10)5-15-16-17/h1-5,10H,6-8H2,(H,14,18)/t10-/m0/s1. The van der Waals surface area contributed by atoms with Gasteiger partial charge >= 0.3 is 0 Å². The lowest BCUT2D eigenvalue weighted by atomic mass is 10.2. The summed E-state index contributed by atoms with van der Waals surface area (Å²) in [5.74, 6) is -0.200. The third kappa shape index (κ3) is 2.60. The van der Waals surface area contributed by atoms with Crippen LogP contribution in [0.2, 0.25) is 0 Å². The number of carbonyl (C=O) groups is 1. The van der Waals surface area contributed by atoms with Gasteiger partial charge in [0.25, 0.3) is 5.91 Å². The summed E-state index contributed by atoms with van der Waals surface area (Å²) in [6.07, 6.45) is 3.18. The van der Waals surface area contributed by atoms with Crippen molar-refractivity contribution in [2.24, 2.45) is 0 Å². The van der Waals surface area contributed by atoms with Gasteiger partial charge in [0.15, 0.2) is 0 Å². The lowest BCUT2D eigenvalue weighted by Gasteiger charge is -2.23. The van der Waals surface area contributed by atoms with Gasteiger partial charge in [-0.15, -0.1) is 5.10 Å². The molecule has 0 bridgehead atoms. The van der Waals surface area contributed by atoms with Crippen molar-refractivity contribution in [2.45, 2.75) is 19.3 Å². The average Bonchev–Trinajstić information content (AvgIpc) is 2.93. The molecular formula is C12H13N5O2.